The van der Waals surface area contributed by atoms with Crippen molar-refractivity contribution in [2.24, 2.45) is 5.41 Å². The van der Waals surface area contributed by atoms with Crippen molar-refractivity contribution in [2.75, 3.05) is 26.4 Å². The fourth-order valence-electron chi connectivity index (χ4n) is 7.51. The van der Waals surface area contributed by atoms with Gasteiger partial charge in [0.2, 0.25) is 0 Å². The van der Waals surface area contributed by atoms with Gasteiger partial charge in [0.15, 0.2) is 23.1 Å². The highest BCUT2D eigenvalue weighted by atomic mass is 16.6. The molecule has 0 spiro atoms. The lowest BCUT2D eigenvalue weighted by atomic mass is 9.91. The van der Waals surface area contributed by atoms with Gasteiger partial charge in [-0.25, -0.2) is 19.2 Å². The van der Waals surface area contributed by atoms with Crippen LogP contribution in [0.5, 0.6) is 0 Å². The number of hydrogen-bond donors (Lipinski definition) is 0. The zero-order valence-electron chi connectivity index (χ0n) is 39.0. The van der Waals surface area contributed by atoms with Crippen LogP contribution in [-0.2, 0) is 18.9 Å². The van der Waals surface area contributed by atoms with Crippen molar-refractivity contribution in [3.63, 3.8) is 0 Å². The Kier molecular flexibility index (Phi) is 15.9. The second-order valence-corrected chi connectivity index (χ2v) is 16.9. The van der Waals surface area contributed by atoms with Gasteiger partial charge in [0.05, 0.1) is 22.3 Å². The maximum Gasteiger partial charge on any atom is 0.338 e. The smallest absolute Gasteiger partial charge is 0.338 e. The number of hydrogen-bond acceptors (Lipinski definition) is 12. The molecule has 8 aromatic carbocycles. The van der Waals surface area contributed by atoms with Crippen LogP contribution >= 0.6 is 0 Å². The van der Waals surface area contributed by atoms with Crippen LogP contribution < -0.4 is 0 Å². The Morgan fingerprint density at radius 3 is 0.548 bits per heavy atom. The fourth-order valence-corrected chi connectivity index (χ4v) is 7.51. The van der Waals surface area contributed by atoms with E-state index in [0.717, 1.165) is 0 Å². The van der Waals surface area contributed by atoms with E-state index in [4.69, 9.17) is 18.9 Å². The van der Waals surface area contributed by atoms with Gasteiger partial charge < -0.3 is 18.9 Å². The molecule has 0 unspecified atom stereocenters. The number of ether oxygens (including phenoxy) is 4. The second-order valence-electron chi connectivity index (χ2n) is 16.9. The highest BCUT2D eigenvalue weighted by Gasteiger charge is 2.39. The van der Waals surface area contributed by atoms with Gasteiger partial charge in [-0.05, 0) is 48.5 Å². The Morgan fingerprint density at radius 2 is 0.370 bits per heavy atom. The fraction of sp³-hybridized carbons (Fsp3) is 0.0820. The number of ketones is 4. The number of rotatable bonds is 20. The van der Waals surface area contributed by atoms with E-state index < -0.39 is 55.7 Å². The van der Waals surface area contributed by atoms with Crippen LogP contribution in [0, 0.1) is 5.41 Å². The molecule has 0 aliphatic rings. The largest absolute Gasteiger partial charge is 0.461 e. The van der Waals surface area contributed by atoms with Gasteiger partial charge >= 0.3 is 23.9 Å². The van der Waals surface area contributed by atoms with Crippen LogP contribution in [0.15, 0.2) is 218 Å². The Hall–Kier alpha value is -9.68. The van der Waals surface area contributed by atoms with Crippen LogP contribution in [0.25, 0.3) is 0 Å². The summed E-state index contributed by atoms with van der Waals surface area (Å²) >= 11 is 0. The molecule has 0 amide bonds. The lowest BCUT2D eigenvalue weighted by Gasteiger charge is -2.31. The van der Waals surface area contributed by atoms with Gasteiger partial charge in [0.1, 0.15) is 31.8 Å². The first-order valence-corrected chi connectivity index (χ1v) is 22.9. The first kappa shape index (κ1) is 49.7. The molecule has 0 aliphatic heterocycles. The third-order valence-electron chi connectivity index (χ3n) is 11.7. The summed E-state index contributed by atoms with van der Waals surface area (Å²) in [6, 6.07) is 57.4. The van der Waals surface area contributed by atoms with Crippen molar-refractivity contribution in [3.05, 3.63) is 285 Å². The summed E-state index contributed by atoms with van der Waals surface area (Å²) in [7, 11) is 0. The SMILES string of the molecule is O=C(OCC(COC(=O)c1ccc(C(=O)c2ccccc2)cc1)(COC(=O)c1ccc(C(=O)c2ccccc2)cc1)COC(=O)c1ccc(C(=O)c2ccccc2)cc1)c1ccc(C(=O)c2ccccc2)cc1. The van der Waals surface area contributed by atoms with Gasteiger partial charge in [0.25, 0.3) is 0 Å². The summed E-state index contributed by atoms with van der Waals surface area (Å²) < 4.78 is 23.3. The van der Waals surface area contributed by atoms with Gasteiger partial charge in [0, 0.05) is 44.5 Å². The Labute approximate surface area is 419 Å². The van der Waals surface area contributed by atoms with Crippen LogP contribution in [0.2, 0.25) is 0 Å². The molecule has 8 aromatic rings. The Bertz CT molecular complexity index is 2810. The molecule has 8 rings (SSSR count). The second kappa shape index (κ2) is 23.3. The molecule has 0 bridgehead atoms. The Morgan fingerprint density at radius 1 is 0.219 bits per heavy atom. The molecule has 0 radical (unpaired) electrons. The minimum absolute atomic E-state index is 0.0462. The molecule has 0 fully saturated rings. The quantitative estimate of drug-likeness (QED) is 0.0402. The number of esters is 4. The summed E-state index contributed by atoms with van der Waals surface area (Å²) in [6.07, 6.45) is 0. The van der Waals surface area contributed by atoms with Crippen molar-refractivity contribution in [1.29, 1.82) is 0 Å². The van der Waals surface area contributed by atoms with Crippen molar-refractivity contribution < 1.29 is 57.3 Å². The molecule has 12 nitrogen and oxygen atoms in total. The predicted molar refractivity (Wildman–Crippen MR) is 269 cm³/mol. The highest BCUT2D eigenvalue weighted by Crippen LogP contribution is 2.26. The molecule has 0 aliphatic carbocycles. The molecule has 0 aromatic heterocycles. The molecule has 0 N–H and O–H groups in total. The van der Waals surface area contributed by atoms with E-state index >= 15 is 0 Å². The van der Waals surface area contributed by atoms with Crippen LogP contribution in [0.3, 0.4) is 0 Å². The van der Waals surface area contributed by atoms with Crippen LogP contribution in [0.1, 0.15) is 105 Å². The van der Waals surface area contributed by atoms with E-state index in [1.807, 2.05) is 0 Å². The number of benzene rings is 8. The summed E-state index contributed by atoms with van der Waals surface area (Å²) in [4.78, 5) is 108. The van der Waals surface area contributed by atoms with E-state index in [2.05, 4.69) is 0 Å². The van der Waals surface area contributed by atoms with Gasteiger partial charge in [-0.3, -0.25) is 19.2 Å². The van der Waals surface area contributed by atoms with E-state index in [1.165, 1.54) is 97.1 Å². The lowest BCUT2D eigenvalue weighted by molar-refractivity contribution is -0.0642. The summed E-state index contributed by atoms with van der Waals surface area (Å²) in [5.41, 5.74) is 1.46. The van der Waals surface area contributed by atoms with Crippen molar-refractivity contribution >= 4 is 47.0 Å². The van der Waals surface area contributed by atoms with Gasteiger partial charge in [-0.15, -0.1) is 0 Å². The molecular weight excluding hydrogens is 925 g/mol. The van der Waals surface area contributed by atoms with E-state index in [0.29, 0.717) is 44.5 Å². The average Bonchev–Trinajstić information content (AvgIpc) is 3.46. The zero-order chi connectivity index (χ0) is 51.2. The maximum atomic E-state index is 13.8. The molecule has 360 valence electrons. The van der Waals surface area contributed by atoms with Gasteiger partial charge in [-0.2, -0.15) is 0 Å². The monoisotopic (exact) mass is 968 g/mol. The third kappa shape index (κ3) is 12.6. The number of carbonyl (C=O) groups excluding carboxylic acids is 8. The molecular formula is C61H44O12. The summed E-state index contributed by atoms with van der Waals surface area (Å²) in [5, 5.41) is 0. The van der Waals surface area contributed by atoms with Crippen molar-refractivity contribution in [2.45, 2.75) is 0 Å². The van der Waals surface area contributed by atoms with Crippen molar-refractivity contribution in [3.8, 4) is 0 Å². The van der Waals surface area contributed by atoms with E-state index in [-0.39, 0.29) is 45.4 Å². The first-order chi connectivity index (χ1) is 35.5. The summed E-state index contributed by atoms with van der Waals surface area (Å²) in [6.45, 7) is -2.60. The maximum absolute atomic E-state index is 13.8. The normalized spacial score (nSPS) is 10.8. The van der Waals surface area contributed by atoms with Crippen LogP contribution in [0.4, 0.5) is 0 Å². The van der Waals surface area contributed by atoms with E-state index in [9.17, 15) is 38.4 Å². The topological polar surface area (TPSA) is 173 Å². The minimum Gasteiger partial charge on any atom is -0.461 e. The molecule has 0 heterocycles. The average molecular weight is 969 g/mol. The zero-order valence-corrected chi connectivity index (χ0v) is 39.0. The first-order valence-electron chi connectivity index (χ1n) is 22.9. The lowest BCUT2D eigenvalue weighted by Crippen LogP contribution is -2.44. The third-order valence-corrected chi connectivity index (χ3v) is 11.7. The number of carbonyl (C=O) groups is 8. The predicted octanol–water partition coefficient (Wildman–Crippen LogP) is 10.3. The molecule has 0 atom stereocenters. The molecule has 73 heavy (non-hydrogen) atoms. The molecule has 0 saturated carbocycles. The van der Waals surface area contributed by atoms with Gasteiger partial charge in [-0.1, -0.05) is 170 Å². The van der Waals surface area contributed by atoms with E-state index in [1.54, 1.807) is 121 Å². The summed E-state index contributed by atoms with van der Waals surface area (Å²) in [5.74, 6) is -4.55. The Balaban J connectivity index is 1.06. The molecule has 0 saturated heterocycles. The standard InChI is InChI=1S/C61H44O12/c62-53(41-13-5-1-6-14-41)45-21-29-49(30-22-45)57(66)70-37-61(38-71-58(67)50-31-23-46(24-32-50)54(63)42-15-7-2-8-16-42,39-72-59(68)51-33-25-47(26-34-51)55(64)43-17-9-3-10-18-43)40-73-60(69)52-35-27-48(28-36-52)56(65)44-19-11-4-12-20-44/h1-36H,37-40H2. The van der Waals surface area contributed by atoms with Crippen LogP contribution in [-0.4, -0.2) is 73.4 Å². The molecule has 12 heteroatoms. The van der Waals surface area contributed by atoms with Crippen molar-refractivity contribution in [1.82, 2.24) is 0 Å². The highest BCUT2D eigenvalue weighted by molar-refractivity contribution is 6.11. The minimum atomic E-state index is -1.78.